The molecule has 1 amide bonds. The number of furan rings is 1. The summed E-state index contributed by atoms with van der Waals surface area (Å²) in [4.78, 5) is 21.6. The normalized spacial score (nSPS) is 10.8. The predicted molar refractivity (Wildman–Crippen MR) is 144 cm³/mol. The molecule has 4 rings (SSSR count). The van der Waals surface area contributed by atoms with E-state index in [9.17, 15) is 4.79 Å². The van der Waals surface area contributed by atoms with E-state index in [0.29, 0.717) is 44.0 Å². The zero-order valence-corrected chi connectivity index (χ0v) is 22.2. The number of carbonyl (C=O) groups excluding carboxylic acids is 1. The molecule has 0 spiro atoms. The van der Waals surface area contributed by atoms with Gasteiger partial charge < -0.3 is 23.7 Å². The first-order chi connectivity index (χ1) is 18.1. The van der Waals surface area contributed by atoms with Gasteiger partial charge in [-0.05, 0) is 41.8 Å². The van der Waals surface area contributed by atoms with E-state index in [1.54, 1.807) is 25.4 Å². The summed E-state index contributed by atoms with van der Waals surface area (Å²) in [6, 6.07) is 19.8. The second-order valence-corrected chi connectivity index (χ2v) is 9.39. The number of ether oxygens (including phenoxy) is 2. The molecule has 2 aromatic carbocycles. The molecule has 0 N–H and O–H groups in total. The Hall–Kier alpha value is -3.85. The third-order valence-electron chi connectivity index (χ3n) is 6.06. The third-order valence-corrected chi connectivity index (χ3v) is 6.88. The van der Waals surface area contributed by atoms with Crippen molar-refractivity contribution >= 4 is 22.6 Å². The standard InChI is InChI=1S/C28H32N4O4S/c1-31(15-13-22-11-12-24(34-2)25(18-22)35-3)27(33)14-16-32(20-23-10-7-17-36-23)28-29-26(30-37-28)19-21-8-5-4-6-9-21/h4-12,17-18H,13-16,19-20H2,1-3H3. The molecule has 2 aromatic heterocycles. The number of aromatic nitrogens is 2. The monoisotopic (exact) mass is 520 g/mol. The van der Waals surface area contributed by atoms with Gasteiger partial charge in [0.1, 0.15) is 11.6 Å². The average molecular weight is 521 g/mol. The Balaban J connectivity index is 1.35. The van der Waals surface area contributed by atoms with Crippen LogP contribution in [0.15, 0.2) is 71.3 Å². The van der Waals surface area contributed by atoms with E-state index in [-0.39, 0.29) is 5.91 Å². The number of anilines is 1. The first kappa shape index (κ1) is 26.2. The van der Waals surface area contributed by atoms with Crippen LogP contribution in [0.3, 0.4) is 0 Å². The molecule has 0 fully saturated rings. The molecular formula is C28H32N4O4S. The van der Waals surface area contributed by atoms with E-state index in [0.717, 1.165) is 34.3 Å². The Morgan fingerprint density at radius 1 is 0.973 bits per heavy atom. The lowest BCUT2D eigenvalue weighted by molar-refractivity contribution is -0.129. The van der Waals surface area contributed by atoms with Gasteiger partial charge in [0.2, 0.25) is 11.0 Å². The van der Waals surface area contributed by atoms with Gasteiger partial charge in [0, 0.05) is 44.5 Å². The summed E-state index contributed by atoms with van der Waals surface area (Å²) >= 11 is 1.35. The summed E-state index contributed by atoms with van der Waals surface area (Å²) in [6.45, 7) is 1.64. The molecular weight excluding hydrogens is 488 g/mol. The van der Waals surface area contributed by atoms with Gasteiger partial charge in [-0.1, -0.05) is 36.4 Å². The van der Waals surface area contributed by atoms with E-state index in [1.807, 2.05) is 55.6 Å². The number of hydrogen-bond donors (Lipinski definition) is 0. The van der Waals surface area contributed by atoms with E-state index < -0.39 is 0 Å². The number of rotatable bonds is 13. The lowest BCUT2D eigenvalue weighted by Crippen LogP contribution is -2.33. The van der Waals surface area contributed by atoms with Crippen LogP contribution in [0, 0.1) is 0 Å². The number of likely N-dealkylation sites (N-methyl/N-ethyl adjacent to an activating group) is 1. The van der Waals surface area contributed by atoms with Crippen LogP contribution in [0.2, 0.25) is 0 Å². The highest BCUT2D eigenvalue weighted by molar-refractivity contribution is 7.09. The van der Waals surface area contributed by atoms with Gasteiger partial charge in [-0.3, -0.25) is 4.79 Å². The zero-order chi connectivity index (χ0) is 26.0. The van der Waals surface area contributed by atoms with E-state index >= 15 is 0 Å². The average Bonchev–Trinajstić information content (AvgIpc) is 3.62. The molecule has 0 saturated heterocycles. The minimum absolute atomic E-state index is 0.0685. The Morgan fingerprint density at radius 3 is 2.51 bits per heavy atom. The van der Waals surface area contributed by atoms with Crippen LogP contribution in [0.4, 0.5) is 5.13 Å². The SMILES string of the molecule is COc1ccc(CCN(C)C(=O)CCN(Cc2ccco2)c2nc(Cc3ccccc3)ns2)cc1OC. The molecule has 0 aliphatic heterocycles. The van der Waals surface area contributed by atoms with Crippen molar-refractivity contribution in [2.75, 3.05) is 39.3 Å². The first-order valence-electron chi connectivity index (χ1n) is 12.1. The maximum atomic E-state index is 13.0. The van der Waals surface area contributed by atoms with Crippen LogP contribution in [-0.4, -0.2) is 54.5 Å². The zero-order valence-electron chi connectivity index (χ0n) is 21.4. The lowest BCUT2D eigenvalue weighted by Gasteiger charge is -2.22. The first-order valence-corrected chi connectivity index (χ1v) is 12.9. The largest absolute Gasteiger partial charge is 0.493 e. The molecule has 194 valence electrons. The highest BCUT2D eigenvalue weighted by Gasteiger charge is 2.18. The van der Waals surface area contributed by atoms with Crippen molar-refractivity contribution in [3.63, 3.8) is 0 Å². The van der Waals surface area contributed by atoms with Gasteiger partial charge >= 0.3 is 0 Å². The fourth-order valence-electron chi connectivity index (χ4n) is 3.94. The minimum atomic E-state index is 0.0685. The Morgan fingerprint density at radius 2 is 1.78 bits per heavy atom. The smallest absolute Gasteiger partial charge is 0.224 e. The van der Waals surface area contributed by atoms with Crippen molar-refractivity contribution in [3.05, 3.63) is 89.6 Å². The molecule has 0 saturated carbocycles. The van der Waals surface area contributed by atoms with Crippen molar-refractivity contribution in [1.82, 2.24) is 14.3 Å². The summed E-state index contributed by atoms with van der Waals surface area (Å²) in [6.07, 6.45) is 3.40. The topological polar surface area (TPSA) is 80.9 Å². The van der Waals surface area contributed by atoms with Gasteiger partial charge in [-0.25, -0.2) is 4.98 Å². The molecule has 2 heterocycles. The molecule has 9 heteroatoms. The van der Waals surface area contributed by atoms with E-state index in [2.05, 4.69) is 21.4 Å². The molecule has 0 aliphatic carbocycles. The Bertz CT molecular complexity index is 1260. The van der Waals surface area contributed by atoms with Crippen molar-refractivity contribution < 1.29 is 18.7 Å². The van der Waals surface area contributed by atoms with Gasteiger partial charge in [-0.15, -0.1) is 0 Å². The van der Waals surface area contributed by atoms with E-state index in [4.69, 9.17) is 18.9 Å². The van der Waals surface area contributed by atoms with Crippen molar-refractivity contribution in [2.45, 2.75) is 25.8 Å². The van der Waals surface area contributed by atoms with Gasteiger partial charge in [0.15, 0.2) is 11.5 Å². The molecule has 0 bridgehead atoms. The maximum absolute atomic E-state index is 13.0. The fourth-order valence-corrected chi connectivity index (χ4v) is 4.65. The van der Waals surface area contributed by atoms with Crippen LogP contribution in [0.5, 0.6) is 11.5 Å². The number of amides is 1. The van der Waals surface area contributed by atoms with Crippen molar-refractivity contribution in [2.24, 2.45) is 0 Å². The number of carbonyl (C=O) groups is 1. The highest BCUT2D eigenvalue weighted by Crippen LogP contribution is 2.28. The number of nitrogens with zero attached hydrogens (tertiary/aromatic N) is 4. The quantitative estimate of drug-likeness (QED) is 0.250. The second kappa shape index (κ2) is 12.9. The van der Waals surface area contributed by atoms with E-state index in [1.165, 1.54) is 11.5 Å². The van der Waals surface area contributed by atoms with Crippen LogP contribution in [0.1, 0.15) is 29.1 Å². The molecule has 8 nitrogen and oxygen atoms in total. The fraction of sp³-hybridized carbons (Fsp3) is 0.321. The summed E-state index contributed by atoms with van der Waals surface area (Å²) in [5.41, 5.74) is 2.24. The van der Waals surface area contributed by atoms with Crippen molar-refractivity contribution in [1.29, 1.82) is 0 Å². The lowest BCUT2D eigenvalue weighted by atomic mass is 10.1. The maximum Gasteiger partial charge on any atom is 0.224 e. The number of hydrogen-bond acceptors (Lipinski definition) is 8. The Labute approximate surface area is 221 Å². The van der Waals surface area contributed by atoms with Crippen LogP contribution in [-0.2, 0) is 24.2 Å². The number of methoxy groups -OCH3 is 2. The summed E-state index contributed by atoms with van der Waals surface area (Å²) in [5.74, 6) is 3.03. The predicted octanol–water partition coefficient (Wildman–Crippen LogP) is 4.84. The molecule has 0 atom stereocenters. The van der Waals surface area contributed by atoms with Gasteiger partial charge in [0.05, 0.1) is 27.0 Å². The third kappa shape index (κ3) is 7.33. The molecule has 0 unspecified atom stereocenters. The molecule has 0 aliphatic rings. The minimum Gasteiger partial charge on any atom is -0.493 e. The number of benzene rings is 2. The van der Waals surface area contributed by atoms with Crippen molar-refractivity contribution in [3.8, 4) is 11.5 Å². The molecule has 4 aromatic rings. The summed E-state index contributed by atoms with van der Waals surface area (Å²) in [7, 11) is 5.07. The van der Waals surface area contributed by atoms with Gasteiger partial charge in [-0.2, -0.15) is 4.37 Å². The highest BCUT2D eigenvalue weighted by atomic mass is 32.1. The molecule has 37 heavy (non-hydrogen) atoms. The van der Waals surface area contributed by atoms with Crippen LogP contribution in [0.25, 0.3) is 0 Å². The van der Waals surface area contributed by atoms with Gasteiger partial charge in [0.25, 0.3) is 0 Å². The second-order valence-electron chi connectivity index (χ2n) is 8.66. The summed E-state index contributed by atoms with van der Waals surface area (Å²) in [5, 5.41) is 0.781. The molecule has 0 radical (unpaired) electrons. The van der Waals surface area contributed by atoms with Crippen LogP contribution < -0.4 is 14.4 Å². The Kier molecular flexibility index (Phi) is 9.15. The summed E-state index contributed by atoms with van der Waals surface area (Å²) < 4.78 is 20.8. The van der Waals surface area contributed by atoms with Crippen LogP contribution >= 0.6 is 11.5 Å².